The molecule has 1 N–H and O–H groups in total. The van der Waals surface area contributed by atoms with Gasteiger partial charge in [0.15, 0.2) is 0 Å². The number of hydrogen-bond acceptors (Lipinski definition) is 3. The molecule has 3 nitrogen and oxygen atoms in total. The van der Waals surface area contributed by atoms with Crippen molar-refractivity contribution in [2.45, 2.75) is 26.2 Å². The smallest absolute Gasteiger partial charge is 0.143 e. The van der Waals surface area contributed by atoms with Gasteiger partial charge in [0.25, 0.3) is 0 Å². The second kappa shape index (κ2) is 6.11. The van der Waals surface area contributed by atoms with Gasteiger partial charge < -0.3 is 10.2 Å². The summed E-state index contributed by atoms with van der Waals surface area (Å²) in [7, 11) is 0. The minimum absolute atomic E-state index is 0.221. The van der Waals surface area contributed by atoms with Gasteiger partial charge in [-0.1, -0.05) is 6.42 Å². The van der Waals surface area contributed by atoms with Crippen molar-refractivity contribution in [2.24, 2.45) is 0 Å². The van der Waals surface area contributed by atoms with Gasteiger partial charge in [0.2, 0.25) is 0 Å². The number of nitrogens with zero attached hydrogens (tertiary/aromatic N) is 1. The average Bonchev–Trinajstić information content (AvgIpc) is 2.14. The first-order valence-electron chi connectivity index (χ1n) is 5.21. The molecule has 1 aliphatic rings. The molecular weight excluding hydrogens is 164 g/mol. The van der Waals surface area contributed by atoms with E-state index in [0.29, 0.717) is 6.54 Å². The van der Waals surface area contributed by atoms with E-state index in [9.17, 15) is 4.79 Å². The highest BCUT2D eigenvalue weighted by Crippen LogP contribution is 2.06. The number of likely N-dealkylation sites (tertiary alicyclic amines) is 1. The van der Waals surface area contributed by atoms with E-state index >= 15 is 0 Å². The molecule has 0 unspecified atom stereocenters. The largest absolute Gasteiger partial charge is 0.309 e. The molecular formula is C10H20N2O. The van der Waals surface area contributed by atoms with Crippen LogP contribution >= 0.6 is 0 Å². The second-order valence-electron chi connectivity index (χ2n) is 3.78. The van der Waals surface area contributed by atoms with Crippen LogP contribution in [-0.4, -0.2) is 43.4 Å². The number of hydrogen-bond donors (Lipinski definition) is 1. The molecule has 1 rings (SSSR count). The van der Waals surface area contributed by atoms with Crippen molar-refractivity contribution >= 4 is 5.78 Å². The second-order valence-corrected chi connectivity index (χ2v) is 3.78. The molecule has 0 spiro atoms. The van der Waals surface area contributed by atoms with Crippen molar-refractivity contribution in [2.75, 3.05) is 32.7 Å². The summed E-state index contributed by atoms with van der Waals surface area (Å²) in [4.78, 5) is 13.1. The zero-order valence-electron chi connectivity index (χ0n) is 8.51. The van der Waals surface area contributed by atoms with E-state index in [0.717, 1.165) is 13.1 Å². The third-order valence-corrected chi connectivity index (χ3v) is 2.43. The summed E-state index contributed by atoms with van der Waals surface area (Å²) in [6, 6.07) is 0. The maximum absolute atomic E-state index is 10.6. The molecule has 13 heavy (non-hydrogen) atoms. The summed E-state index contributed by atoms with van der Waals surface area (Å²) in [5.41, 5.74) is 0. The summed E-state index contributed by atoms with van der Waals surface area (Å²) >= 11 is 0. The van der Waals surface area contributed by atoms with E-state index < -0.39 is 0 Å². The molecule has 0 aromatic carbocycles. The van der Waals surface area contributed by atoms with Crippen LogP contribution in [-0.2, 0) is 4.79 Å². The Morgan fingerprint density at radius 1 is 1.31 bits per heavy atom. The van der Waals surface area contributed by atoms with Crippen LogP contribution in [0.15, 0.2) is 0 Å². The summed E-state index contributed by atoms with van der Waals surface area (Å²) in [6.45, 7) is 6.65. The molecule has 0 aliphatic carbocycles. The van der Waals surface area contributed by atoms with Crippen LogP contribution in [0, 0.1) is 0 Å². The monoisotopic (exact) mass is 184 g/mol. The zero-order valence-corrected chi connectivity index (χ0v) is 8.51. The number of Topliss-reactive ketones (excluding diaryl/α,β-unsaturated/α-hetero) is 1. The molecule has 1 aliphatic heterocycles. The molecule has 76 valence electrons. The quantitative estimate of drug-likeness (QED) is 0.637. The highest BCUT2D eigenvalue weighted by atomic mass is 16.1. The number of carbonyl (C=O) groups is 1. The maximum Gasteiger partial charge on any atom is 0.143 e. The predicted octanol–water partition coefficient (Wildman–Crippen LogP) is 0.651. The predicted molar refractivity (Wildman–Crippen MR) is 53.8 cm³/mol. The number of carbonyl (C=O) groups excluding carboxylic acids is 1. The van der Waals surface area contributed by atoms with E-state index in [2.05, 4.69) is 10.2 Å². The molecule has 0 aromatic heterocycles. The van der Waals surface area contributed by atoms with E-state index in [1.165, 1.54) is 32.4 Å². The summed E-state index contributed by atoms with van der Waals surface area (Å²) < 4.78 is 0. The van der Waals surface area contributed by atoms with E-state index in [1.807, 2.05) is 0 Å². The fraction of sp³-hybridized carbons (Fsp3) is 0.900. The number of nitrogens with one attached hydrogen (secondary N) is 1. The Hall–Kier alpha value is -0.410. The highest BCUT2D eigenvalue weighted by Gasteiger charge is 2.08. The Balaban J connectivity index is 1.95. The average molecular weight is 184 g/mol. The van der Waals surface area contributed by atoms with Gasteiger partial charge >= 0.3 is 0 Å². The van der Waals surface area contributed by atoms with Crippen molar-refractivity contribution in [3.05, 3.63) is 0 Å². The first-order chi connectivity index (χ1) is 6.29. The lowest BCUT2D eigenvalue weighted by Gasteiger charge is -2.26. The van der Waals surface area contributed by atoms with Crippen LogP contribution in [0.2, 0.25) is 0 Å². The molecule has 0 bridgehead atoms. The third kappa shape index (κ3) is 5.01. The van der Waals surface area contributed by atoms with Crippen molar-refractivity contribution < 1.29 is 4.79 Å². The van der Waals surface area contributed by atoms with Crippen LogP contribution in [0.1, 0.15) is 26.2 Å². The Morgan fingerprint density at radius 3 is 2.62 bits per heavy atom. The van der Waals surface area contributed by atoms with Gasteiger partial charge in [-0.2, -0.15) is 0 Å². The Labute approximate surface area is 80.5 Å². The molecule has 0 amide bonds. The molecule has 0 saturated carbocycles. The Bertz CT molecular complexity index is 153. The van der Waals surface area contributed by atoms with Crippen LogP contribution in [0.5, 0.6) is 0 Å². The van der Waals surface area contributed by atoms with Gasteiger partial charge in [-0.05, 0) is 32.9 Å². The van der Waals surface area contributed by atoms with Crippen LogP contribution in [0.4, 0.5) is 0 Å². The lowest BCUT2D eigenvalue weighted by molar-refractivity contribution is -0.116. The maximum atomic E-state index is 10.6. The van der Waals surface area contributed by atoms with Gasteiger partial charge in [0.1, 0.15) is 5.78 Å². The van der Waals surface area contributed by atoms with E-state index in [-0.39, 0.29) is 5.78 Å². The number of rotatable bonds is 5. The van der Waals surface area contributed by atoms with Crippen molar-refractivity contribution in [1.82, 2.24) is 10.2 Å². The van der Waals surface area contributed by atoms with E-state index in [1.54, 1.807) is 6.92 Å². The third-order valence-electron chi connectivity index (χ3n) is 2.43. The highest BCUT2D eigenvalue weighted by molar-refractivity contribution is 5.77. The van der Waals surface area contributed by atoms with Crippen LogP contribution < -0.4 is 5.32 Å². The van der Waals surface area contributed by atoms with Gasteiger partial charge in [0, 0.05) is 13.1 Å². The molecule has 1 heterocycles. The standard InChI is InChI=1S/C10H20N2O/c1-10(13)9-11-5-8-12-6-3-2-4-7-12/h11H,2-9H2,1H3. The van der Waals surface area contributed by atoms with E-state index in [4.69, 9.17) is 0 Å². The topological polar surface area (TPSA) is 32.3 Å². The lowest BCUT2D eigenvalue weighted by atomic mass is 10.1. The Morgan fingerprint density at radius 2 is 2.00 bits per heavy atom. The lowest BCUT2D eigenvalue weighted by Crippen LogP contribution is -2.36. The molecule has 0 radical (unpaired) electrons. The first-order valence-corrected chi connectivity index (χ1v) is 5.21. The molecule has 1 fully saturated rings. The summed E-state index contributed by atoms with van der Waals surface area (Å²) in [5.74, 6) is 0.221. The molecule has 3 heteroatoms. The van der Waals surface area contributed by atoms with Crippen molar-refractivity contribution in [1.29, 1.82) is 0 Å². The fourth-order valence-corrected chi connectivity index (χ4v) is 1.68. The molecule has 0 atom stereocenters. The zero-order chi connectivity index (χ0) is 9.52. The molecule has 1 saturated heterocycles. The van der Waals surface area contributed by atoms with Crippen LogP contribution in [0.3, 0.4) is 0 Å². The minimum Gasteiger partial charge on any atom is -0.309 e. The normalized spacial score (nSPS) is 18.8. The number of ketones is 1. The minimum atomic E-state index is 0.221. The molecule has 0 aromatic rings. The summed E-state index contributed by atoms with van der Waals surface area (Å²) in [6.07, 6.45) is 4.07. The Kier molecular flexibility index (Phi) is 5.01. The fourth-order valence-electron chi connectivity index (χ4n) is 1.68. The summed E-state index contributed by atoms with van der Waals surface area (Å²) in [5, 5.41) is 3.14. The van der Waals surface area contributed by atoms with Crippen LogP contribution in [0.25, 0.3) is 0 Å². The van der Waals surface area contributed by atoms with Gasteiger partial charge in [-0.3, -0.25) is 4.79 Å². The van der Waals surface area contributed by atoms with Crippen molar-refractivity contribution in [3.8, 4) is 0 Å². The SMILES string of the molecule is CC(=O)CNCCN1CCCCC1. The van der Waals surface area contributed by atoms with Crippen molar-refractivity contribution in [3.63, 3.8) is 0 Å². The first kappa shape index (κ1) is 10.7. The number of piperidine rings is 1. The van der Waals surface area contributed by atoms with Gasteiger partial charge in [-0.25, -0.2) is 0 Å². The van der Waals surface area contributed by atoms with Gasteiger partial charge in [0.05, 0.1) is 6.54 Å². The van der Waals surface area contributed by atoms with Gasteiger partial charge in [-0.15, -0.1) is 0 Å².